The van der Waals surface area contributed by atoms with E-state index in [0.717, 1.165) is 18.4 Å². The maximum absolute atomic E-state index is 8.79. The van der Waals surface area contributed by atoms with Crippen LogP contribution in [0.15, 0.2) is 18.3 Å². The van der Waals surface area contributed by atoms with Crippen molar-refractivity contribution in [3.8, 4) is 5.88 Å². The Morgan fingerprint density at radius 2 is 2.31 bits per heavy atom. The van der Waals surface area contributed by atoms with Crippen LogP contribution in [0.2, 0.25) is 0 Å². The molecule has 0 atom stereocenters. The lowest BCUT2D eigenvalue weighted by Crippen LogP contribution is -2.24. The predicted molar refractivity (Wildman–Crippen MR) is 48.4 cm³/mol. The fraction of sp³-hybridized carbons (Fsp3) is 0.500. The van der Waals surface area contributed by atoms with Crippen LogP contribution in [0.3, 0.4) is 0 Å². The molecule has 3 nitrogen and oxygen atoms in total. The molecule has 1 aromatic rings. The lowest BCUT2D eigenvalue weighted by Gasteiger charge is -2.25. The minimum atomic E-state index is 0.0384. The van der Waals surface area contributed by atoms with Gasteiger partial charge in [-0.3, -0.25) is 0 Å². The summed E-state index contributed by atoms with van der Waals surface area (Å²) < 4.78 is 5.56. The number of pyridine rings is 1. The van der Waals surface area contributed by atoms with Gasteiger partial charge in [0.05, 0.1) is 6.61 Å². The molecule has 1 N–H and O–H groups in total. The van der Waals surface area contributed by atoms with E-state index in [-0.39, 0.29) is 6.61 Å². The third-order valence-electron chi connectivity index (χ3n) is 2.32. The predicted octanol–water partition coefficient (Wildman–Crippen LogP) is 1.51. The molecule has 3 heteroatoms. The van der Waals surface area contributed by atoms with E-state index < -0.39 is 0 Å². The molecular formula is C10H13NO2. The molecule has 1 heterocycles. The first kappa shape index (κ1) is 8.51. The molecule has 1 fully saturated rings. The summed E-state index contributed by atoms with van der Waals surface area (Å²) in [6.45, 7) is 0.0384. The van der Waals surface area contributed by atoms with E-state index in [1.807, 2.05) is 12.1 Å². The average Bonchev–Trinajstić information content (AvgIpc) is 2.12. The van der Waals surface area contributed by atoms with Gasteiger partial charge in [0.15, 0.2) is 0 Å². The Balaban J connectivity index is 1.96. The number of aromatic nitrogens is 1. The molecule has 1 aliphatic carbocycles. The third kappa shape index (κ3) is 1.98. The van der Waals surface area contributed by atoms with E-state index in [2.05, 4.69) is 4.98 Å². The SMILES string of the molecule is OCc1ccc(OC2CCC2)nc1. The lowest BCUT2D eigenvalue weighted by atomic mass is 9.96. The van der Waals surface area contributed by atoms with E-state index in [0.29, 0.717) is 12.0 Å². The summed E-state index contributed by atoms with van der Waals surface area (Å²) in [6.07, 6.45) is 5.56. The highest BCUT2D eigenvalue weighted by Gasteiger charge is 2.19. The fourth-order valence-electron chi connectivity index (χ4n) is 1.23. The van der Waals surface area contributed by atoms with Crippen molar-refractivity contribution in [2.75, 3.05) is 0 Å². The van der Waals surface area contributed by atoms with Crippen molar-refractivity contribution >= 4 is 0 Å². The molecular weight excluding hydrogens is 166 g/mol. The fourth-order valence-corrected chi connectivity index (χ4v) is 1.23. The molecule has 0 unspecified atom stereocenters. The monoisotopic (exact) mass is 179 g/mol. The smallest absolute Gasteiger partial charge is 0.213 e. The van der Waals surface area contributed by atoms with Crippen LogP contribution in [0.5, 0.6) is 5.88 Å². The summed E-state index contributed by atoms with van der Waals surface area (Å²) in [5.41, 5.74) is 0.820. The van der Waals surface area contributed by atoms with Crippen LogP contribution >= 0.6 is 0 Å². The van der Waals surface area contributed by atoms with Gasteiger partial charge >= 0.3 is 0 Å². The molecule has 2 rings (SSSR count). The first-order valence-corrected chi connectivity index (χ1v) is 4.61. The maximum atomic E-state index is 8.79. The van der Waals surface area contributed by atoms with Gasteiger partial charge in [-0.05, 0) is 30.9 Å². The molecule has 0 amide bonds. The van der Waals surface area contributed by atoms with Gasteiger partial charge in [-0.15, -0.1) is 0 Å². The molecule has 0 bridgehead atoms. The van der Waals surface area contributed by atoms with Crippen LogP contribution in [-0.2, 0) is 6.61 Å². The number of ether oxygens (including phenoxy) is 1. The van der Waals surface area contributed by atoms with Crippen LogP contribution in [0.25, 0.3) is 0 Å². The van der Waals surface area contributed by atoms with Gasteiger partial charge in [0.25, 0.3) is 0 Å². The standard InChI is InChI=1S/C10H13NO2/c12-7-8-4-5-10(11-6-8)13-9-2-1-3-9/h4-6,9,12H,1-3,7H2. The topological polar surface area (TPSA) is 42.4 Å². The van der Waals surface area contributed by atoms with E-state index in [1.54, 1.807) is 6.20 Å². The number of nitrogens with zero attached hydrogens (tertiary/aromatic N) is 1. The van der Waals surface area contributed by atoms with Crippen LogP contribution in [-0.4, -0.2) is 16.2 Å². The van der Waals surface area contributed by atoms with E-state index in [1.165, 1.54) is 6.42 Å². The number of aliphatic hydroxyl groups excluding tert-OH is 1. The molecule has 0 radical (unpaired) electrons. The van der Waals surface area contributed by atoms with Gasteiger partial charge in [0.1, 0.15) is 6.10 Å². The van der Waals surface area contributed by atoms with Gasteiger partial charge in [-0.1, -0.05) is 0 Å². The van der Waals surface area contributed by atoms with Crippen molar-refractivity contribution in [3.05, 3.63) is 23.9 Å². The summed E-state index contributed by atoms with van der Waals surface area (Å²) >= 11 is 0. The summed E-state index contributed by atoms with van der Waals surface area (Å²) in [5.74, 6) is 0.668. The van der Waals surface area contributed by atoms with Gasteiger partial charge in [0.2, 0.25) is 5.88 Å². The molecule has 1 saturated carbocycles. The highest BCUT2D eigenvalue weighted by atomic mass is 16.5. The first-order valence-electron chi connectivity index (χ1n) is 4.61. The van der Waals surface area contributed by atoms with Gasteiger partial charge < -0.3 is 9.84 Å². The zero-order chi connectivity index (χ0) is 9.10. The van der Waals surface area contributed by atoms with E-state index in [4.69, 9.17) is 9.84 Å². The van der Waals surface area contributed by atoms with Gasteiger partial charge in [0, 0.05) is 12.3 Å². The van der Waals surface area contributed by atoms with Gasteiger partial charge in [-0.25, -0.2) is 4.98 Å². The van der Waals surface area contributed by atoms with Crippen LogP contribution in [0.1, 0.15) is 24.8 Å². The number of hydrogen-bond acceptors (Lipinski definition) is 3. The first-order chi connectivity index (χ1) is 6.38. The average molecular weight is 179 g/mol. The lowest BCUT2D eigenvalue weighted by molar-refractivity contribution is 0.114. The second kappa shape index (κ2) is 3.75. The Kier molecular flexibility index (Phi) is 2.45. The quantitative estimate of drug-likeness (QED) is 0.764. The highest BCUT2D eigenvalue weighted by molar-refractivity contribution is 5.17. The number of rotatable bonds is 3. The molecule has 70 valence electrons. The Bertz CT molecular complexity index is 267. The van der Waals surface area contributed by atoms with Crippen molar-refractivity contribution in [1.29, 1.82) is 0 Å². The molecule has 13 heavy (non-hydrogen) atoms. The van der Waals surface area contributed by atoms with Crippen LogP contribution in [0.4, 0.5) is 0 Å². The maximum Gasteiger partial charge on any atom is 0.213 e. The summed E-state index contributed by atoms with van der Waals surface area (Å²) in [5, 5.41) is 8.79. The highest BCUT2D eigenvalue weighted by Crippen LogP contribution is 2.23. The van der Waals surface area contributed by atoms with Crippen LogP contribution < -0.4 is 4.74 Å². The minimum absolute atomic E-state index is 0.0384. The molecule has 0 saturated heterocycles. The largest absolute Gasteiger partial charge is 0.474 e. The van der Waals surface area contributed by atoms with E-state index >= 15 is 0 Å². The Labute approximate surface area is 77.4 Å². The molecule has 0 spiro atoms. The van der Waals surface area contributed by atoms with Crippen molar-refractivity contribution in [2.45, 2.75) is 32.0 Å². The summed E-state index contributed by atoms with van der Waals surface area (Å²) in [7, 11) is 0. The minimum Gasteiger partial charge on any atom is -0.474 e. The van der Waals surface area contributed by atoms with Gasteiger partial charge in [-0.2, -0.15) is 0 Å². The zero-order valence-corrected chi connectivity index (χ0v) is 7.44. The Hall–Kier alpha value is -1.09. The summed E-state index contributed by atoms with van der Waals surface area (Å²) in [6, 6.07) is 3.64. The molecule has 0 aromatic carbocycles. The number of aliphatic hydroxyl groups is 1. The third-order valence-corrected chi connectivity index (χ3v) is 2.32. The van der Waals surface area contributed by atoms with Crippen molar-refractivity contribution in [1.82, 2.24) is 4.98 Å². The number of hydrogen-bond donors (Lipinski definition) is 1. The van der Waals surface area contributed by atoms with Crippen molar-refractivity contribution in [2.24, 2.45) is 0 Å². The summed E-state index contributed by atoms with van der Waals surface area (Å²) in [4.78, 5) is 4.09. The Morgan fingerprint density at radius 3 is 2.77 bits per heavy atom. The molecule has 0 aliphatic heterocycles. The van der Waals surface area contributed by atoms with Crippen molar-refractivity contribution < 1.29 is 9.84 Å². The normalized spacial score (nSPS) is 16.7. The van der Waals surface area contributed by atoms with Crippen molar-refractivity contribution in [3.63, 3.8) is 0 Å². The van der Waals surface area contributed by atoms with E-state index in [9.17, 15) is 0 Å². The second-order valence-corrected chi connectivity index (χ2v) is 3.33. The molecule has 1 aromatic heterocycles. The second-order valence-electron chi connectivity index (χ2n) is 3.33. The van der Waals surface area contributed by atoms with Crippen LogP contribution in [0, 0.1) is 0 Å². The Morgan fingerprint density at radius 1 is 1.46 bits per heavy atom. The zero-order valence-electron chi connectivity index (χ0n) is 7.44. The molecule has 1 aliphatic rings.